The Balaban J connectivity index is 0.000000179. The second-order valence-electron chi connectivity index (χ2n) is 10.5. The van der Waals surface area contributed by atoms with E-state index in [1.165, 1.54) is 5.56 Å². The van der Waals surface area contributed by atoms with Gasteiger partial charge in [-0.2, -0.15) is 13.2 Å². The van der Waals surface area contributed by atoms with Crippen LogP contribution in [-0.2, 0) is 15.7 Å². The number of ether oxygens (including phenoxy) is 2. The number of alkyl halides is 3. The molecule has 2 aliphatic heterocycles. The zero-order chi connectivity index (χ0) is 31.8. The summed E-state index contributed by atoms with van der Waals surface area (Å²) in [6.07, 6.45) is -1.74. The van der Waals surface area contributed by atoms with Crippen molar-refractivity contribution in [2.24, 2.45) is 0 Å². The van der Waals surface area contributed by atoms with Crippen LogP contribution < -0.4 is 21.3 Å². The lowest BCUT2D eigenvalue weighted by molar-refractivity contribution is -0.137. The van der Waals surface area contributed by atoms with Gasteiger partial charge in [-0.15, -0.1) is 0 Å². The molecule has 2 aliphatic rings. The van der Waals surface area contributed by atoms with Gasteiger partial charge in [0.15, 0.2) is 0 Å². The normalized spacial score (nSPS) is 18.4. The highest BCUT2D eigenvalue weighted by atomic mass is 35.5. The molecule has 8 nitrogen and oxygen atoms in total. The second-order valence-corrected chi connectivity index (χ2v) is 11.3. The molecular weight excluding hydrogens is 628 g/mol. The lowest BCUT2D eigenvalue weighted by Gasteiger charge is -2.24. The van der Waals surface area contributed by atoms with E-state index in [9.17, 15) is 13.2 Å². The first kappa shape index (κ1) is 32.9. The summed E-state index contributed by atoms with van der Waals surface area (Å²) in [5.74, 6) is 0.871. The van der Waals surface area contributed by atoms with Crippen molar-refractivity contribution in [3.05, 3.63) is 105 Å². The highest BCUT2D eigenvalue weighted by Gasteiger charge is 2.33. The minimum absolute atomic E-state index is 0.0155. The first-order valence-corrected chi connectivity index (χ1v) is 15.1. The maximum atomic E-state index is 12.9. The van der Waals surface area contributed by atoms with Gasteiger partial charge >= 0.3 is 6.18 Å². The molecule has 0 radical (unpaired) electrons. The quantitative estimate of drug-likeness (QED) is 0.168. The fourth-order valence-corrected chi connectivity index (χ4v) is 5.06. The molecule has 2 fully saturated rings. The number of rotatable bonds is 6. The molecule has 0 saturated carbocycles. The Labute approximate surface area is 269 Å². The first-order valence-electron chi connectivity index (χ1n) is 14.4. The van der Waals surface area contributed by atoms with Crippen LogP contribution in [0.3, 0.4) is 0 Å². The van der Waals surface area contributed by atoms with Crippen LogP contribution in [0.2, 0.25) is 10.0 Å². The van der Waals surface area contributed by atoms with E-state index in [0.29, 0.717) is 17.3 Å². The van der Waals surface area contributed by atoms with Gasteiger partial charge in [-0.25, -0.2) is 9.97 Å². The van der Waals surface area contributed by atoms with E-state index in [4.69, 9.17) is 32.7 Å². The van der Waals surface area contributed by atoms with Gasteiger partial charge in [0, 0.05) is 49.9 Å². The van der Waals surface area contributed by atoms with Crippen LogP contribution in [-0.4, -0.2) is 49.4 Å². The topological polar surface area (TPSA) is 92.4 Å². The van der Waals surface area contributed by atoms with Crippen LogP contribution in [0.1, 0.15) is 34.5 Å². The van der Waals surface area contributed by atoms with Crippen LogP contribution in [0.5, 0.6) is 0 Å². The van der Waals surface area contributed by atoms with Crippen LogP contribution in [0.25, 0.3) is 0 Å². The summed E-state index contributed by atoms with van der Waals surface area (Å²) in [5.41, 5.74) is 3.91. The molecule has 2 aromatic heterocycles. The van der Waals surface area contributed by atoms with Gasteiger partial charge in [-0.1, -0.05) is 47.5 Å². The molecule has 2 saturated heterocycles. The zero-order valence-electron chi connectivity index (χ0n) is 24.4. The Bertz CT molecular complexity index is 1550. The van der Waals surface area contributed by atoms with E-state index in [1.54, 1.807) is 18.3 Å². The van der Waals surface area contributed by atoms with Crippen molar-refractivity contribution in [1.29, 1.82) is 0 Å². The van der Waals surface area contributed by atoms with Crippen molar-refractivity contribution in [3.63, 3.8) is 0 Å². The van der Waals surface area contributed by atoms with Crippen molar-refractivity contribution in [2.75, 3.05) is 50.0 Å². The van der Waals surface area contributed by atoms with E-state index >= 15 is 0 Å². The molecule has 6 rings (SSSR count). The van der Waals surface area contributed by atoms with E-state index in [0.717, 1.165) is 67.7 Å². The molecule has 0 unspecified atom stereocenters. The number of hydrogen-bond acceptors (Lipinski definition) is 8. The summed E-state index contributed by atoms with van der Waals surface area (Å²) in [5, 5.41) is 13.0. The average Bonchev–Trinajstić information content (AvgIpc) is 3.05. The maximum absolute atomic E-state index is 12.9. The second kappa shape index (κ2) is 15.2. The molecule has 4 aromatic rings. The number of nitrogens with zero attached hydrogens (tertiary/aromatic N) is 2. The highest BCUT2D eigenvalue weighted by Crippen LogP contribution is 2.36. The number of hydrogen-bond donors (Lipinski definition) is 4. The third kappa shape index (κ3) is 9.29. The van der Waals surface area contributed by atoms with E-state index in [-0.39, 0.29) is 18.0 Å². The van der Waals surface area contributed by atoms with Crippen molar-refractivity contribution in [2.45, 2.75) is 25.3 Å². The summed E-state index contributed by atoms with van der Waals surface area (Å²) in [7, 11) is 0. The smallest absolute Gasteiger partial charge is 0.371 e. The predicted octanol–water partition coefficient (Wildman–Crippen LogP) is 7.61. The summed E-state index contributed by atoms with van der Waals surface area (Å²) in [4.78, 5) is 8.15. The third-order valence-corrected chi connectivity index (χ3v) is 7.87. The number of nitrogens with one attached hydrogen (secondary N) is 4. The Kier molecular flexibility index (Phi) is 11.1. The lowest BCUT2D eigenvalue weighted by Crippen LogP contribution is -2.33. The Morgan fingerprint density at radius 2 is 1.20 bits per heavy atom. The zero-order valence-corrected chi connectivity index (χ0v) is 25.9. The van der Waals surface area contributed by atoms with Gasteiger partial charge in [-0.05, 0) is 60.0 Å². The largest absolute Gasteiger partial charge is 0.418 e. The number of anilines is 4. The molecule has 4 heterocycles. The van der Waals surface area contributed by atoms with Crippen molar-refractivity contribution >= 4 is 46.2 Å². The number of aromatic nitrogens is 2. The highest BCUT2D eigenvalue weighted by molar-refractivity contribution is 6.31. The van der Waals surface area contributed by atoms with Crippen LogP contribution in [0.15, 0.2) is 73.1 Å². The van der Waals surface area contributed by atoms with Gasteiger partial charge in [0.1, 0.15) is 11.6 Å². The summed E-state index contributed by atoms with van der Waals surface area (Å²) in [6, 6.07) is 18.4. The third-order valence-electron chi connectivity index (χ3n) is 7.17. The fraction of sp³-hybridized carbons (Fsp3) is 0.312. The molecule has 0 spiro atoms. The average molecular weight is 662 g/mol. The Hall–Kier alpha value is -3.45. The maximum Gasteiger partial charge on any atom is 0.418 e. The summed E-state index contributed by atoms with van der Waals surface area (Å²) in [6.45, 7) is 6.74. The van der Waals surface area contributed by atoms with E-state index in [2.05, 4.69) is 43.4 Å². The molecular formula is C32H33Cl2F3N6O2. The number of pyridine rings is 2. The molecule has 0 aliphatic carbocycles. The first-order chi connectivity index (χ1) is 21.7. The molecule has 4 N–H and O–H groups in total. The summed E-state index contributed by atoms with van der Waals surface area (Å²) >= 11 is 11.5. The molecule has 0 amide bonds. The van der Waals surface area contributed by atoms with Gasteiger partial charge in [0.2, 0.25) is 0 Å². The fourth-order valence-electron chi connectivity index (χ4n) is 4.75. The van der Waals surface area contributed by atoms with Gasteiger partial charge in [-0.3, -0.25) is 0 Å². The van der Waals surface area contributed by atoms with Crippen LogP contribution in [0, 0.1) is 6.92 Å². The monoisotopic (exact) mass is 660 g/mol. The number of halogens is 5. The molecule has 0 bridgehead atoms. The SMILES string of the molecule is Cc1cc(Nc2ccc([C@H]3CNCCO3)cc2)ncc1Cl.FC(F)(F)c1cc(Nc2ccc([C@H]3CNCCO3)cc2)ncc1Cl. The number of benzene rings is 2. The van der Waals surface area contributed by atoms with Crippen molar-refractivity contribution in [3.8, 4) is 0 Å². The lowest BCUT2D eigenvalue weighted by atomic mass is 10.1. The predicted molar refractivity (Wildman–Crippen MR) is 171 cm³/mol. The minimum atomic E-state index is -4.52. The van der Waals surface area contributed by atoms with Gasteiger partial charge in [0.05, 0.1) is 41.0 Å². The molecule has 2 atom stereocenters. The van der Waals surface area contributed by atoms with Crippen molar-refractivity contribution < 1.29 is 22.6 Å². The Morgan fingerprint density at radius 3 is 1.62 bits per heavy atom. The molecule has 238 valence electrons. The van der Waals surface area contributed by atoms with Gasteiger partial charge in [0.25, 0.3) is 0 Å². The van der Waals surface area contributed by atoms with E-state index < -0.39 is 16.8 Å². The van der Waals surface area contributed by atoms with Crippen LogP contribution in [0.4, 0.5) is 36.2 Å². The number of morpholine rings is 2. The molecule has 45 heavy (non-hydrogen) atoms. The summed E-state index contributed by atoms with van der Waals surface area (Å²) < 4.78 is 50.0. The van der Waals surface area contributed by atoms with Gasteiger partial charge < -0.3 is 30.7 Å². The minimum Gasteiger partial charge on any atom is -0.371 e. The van der Waals surface area contributed by atoms with Crippen molar-refractivity contribution in [1.82, 2.24) is 20.6 Å². The van der Waals surface area contributed by atoms with Crippen LogP contribution >= 0.6 is 23.2 Å². The molecule has 2 aromatic carbocycles. The number of aryl methyl sites for hydroxylation is 1. The standard InChI is InChI=1S/C16H15ClF3N3O.C16H18ClN3O/c17-13-8-22-15(7-12(13)16(18,19)20)23-11-3-1-10(2-4-11)14-9-21-5-6-24-14;1-11-8-16(19-9-14(11)17)20-13-4-2-12(3-5-13)15-10-18-6-7-21-15/h1-4,7-8,14,21H,5-6,9H2,(H,22,23);2-5,8-9,15,18H,6-7,10H2,1H3,(H,19,20)/t14-;15-/m11/s1. The molecule has 13 heteroatoms. The van der Waals surface area contributed by atoms with E-state index in [1.807, 2.05) is 37.3 Å². The Morgan fingerprint density at radius 1 is 0.733 bits per heavy atom.